The Kier molecular flexibility index (Phi) is 7.99. The SMILES string of the molecule is COc1ccc(-n2c(SCC(=O)Nc3ccc(S(=O)(=O)Nc4nccc(C)n4)cc3)nc3ccccc3c2=O)cc1. The second-order valence-electron chi connectivity index (χ2n) is 8.74. The monoisotopic (exact) mass is 588 g/mol. The Morgan fingerprint density at radius 1 is 0.976 bits per heavy atom. The number of amides is 1. The Morgan fingerprint density at radius 3 is 2.41 bits per heavy atom. The van der Waals surface area contributed by atoms with Gasteiger partial charge in [-0.25, -0.2) is 28.1 Å². The number of aromatic nitrogens is 4. The van der Waals surface area contributed by atoms with Crippen molar-refractivity contribution in [3.8, 4) is 11.4 Å². The fourth-order valence-corrected chi connectivity index (χ4v) is 5.65. The first-order valence-electron chi connectivity index (χ1n) is 12.2. The predicted octanol–water partition coefficient (Wildman–Crippen LogP) is 4.02. The Hall–Kier alpha value is -4.75. The van der Waals surface area contributed by atoms with Crippen molar-refractivity contribution < 1.29 is 17.9 Å². The molecule has 208 valence electrons. The van der Waals surface area contributed by atoms with Crippen LogP contribution in [0.3, 0.4) is 0 Å². The van der Waals surface area contributed by atoms with Crippen molar-refractivity contribution in [1.82, 2.24) is 19.5 Å². The Labute approximate surface area is 239 Å². The maximum absolute atomic E-state index is 13.4. The third-order valence-electron chi connectivity index (χ3n) is 5.88. The van der Waals surface area contributed by atoms with E-state index in [9.17, 15) is 18.0 Å². The minimum atomic E-state index is -3.92. The lowest BCUT2D eigenvalue weighted by molar-refractivity contribution is -0.113. The number of thioether (sulfide) groups is 1. The fourth-order valence-electron chi connectivity index (χ4n) is 3.89. The van der Waals surface area contributed by atoms with Crippen LogP contribution in [0, 0.1) is 6.92 Å². The van der Waals surface area contributed by atoms with Crippen LogP contribution in [-0.4, -0.2) is 46.7 Å². The van der Waals surface area contributed by atoms with Crippen molar-refractivity contribution in [2.24, 2.45) is 0 Å². The molecule has 0 radical (unpaired) electrons. The van der Waals surface area contributed by atoms with Gasteiger partial charge in [-0.15, -0.1) is 0 Å². The molecule has 2 aromatic heterocycles. The molecule has 2 heterocycles. The van der Waals surface area contributed by atoms with Crippen LogP contribution in [0.4, 0.5) is 11.6 Å². The molecule has 0 aliphatic carbocycles. The molecule has 11 nitrogen and oxygen atoms in total. The predicted molar refractivity (Wildman–Crippen MR) is 157 cm³/mol. The quantitative estimate of drug-likeness (QED) is 0.193. The van der Waals surface area contributed by atoms with E-state index in [0.717, 1.165) is 11.8 Å². The lowest BCUT2D eigenvalue weighted by atomic mass is 10.2. The smallest absolute Gasteiger partial charge is 0.266 e. The Bertz CT molecular complexity index is 1890. The van der Waals surface area contributed by atoms with E-state index in [0.29, 0.717) is 38.9 Å². The van der Waals surface area contributed by atoms with Crippen molar-refractivity contribution in [3.63, 3.8) is 0 Å². The number of fused-ring (bicyclic) bond motifs is 1. The summed E-state index contributed by atoms with van der Waals surface area (Å²) in [6.45, 7) is 1.73. The van der Waals surface area contributed by atoms with Gasteiger partial charge < -0.3 is 10.1 Å². The van der Waals surface area contributed by atoms with Gasteiger partial charge in [-0.05, 0) is 73.7 Å². The fraction of sp³-hybridized carbons (Fsp3) is 0.107. The van der Waals surface area contributed by atoms with Gasteiger partial charge in [0, 0.05) is 17.6 Å². The number of anilines is 2. The van der Waals surface area contributed by atoms with Gasteiger partial charge in [-0.3, -0.25) is 14.2 Å². The number of hydrogen-bond donors (Lipinski definition) is 2. The van der Waals surface area contributed by atoms with E-state index in [1.165, 1.54) is 35.0 Å². The second-order valence-corrected chi connectivity index (χ2v) is 11.4. The largest absolute Gasteiger partial charge is 0.497 e. The van der Waals surface area contributed by atoms with Gasteiger partial charge in [0.05, 0.1) is 34.3 Å². The first-order chi connectivity index (χ1) is 19.7. The third kappa shape index (κ3) is 6.36. The molecule has 0 spiro atoms. The average Bonchev–Trinajstić information content (AvgIpc) is 2.96. The third-order valence-corrected chi connectivity index (χ3v) is 8.16. The summed E-state index contributed by atoms with van der Waals surface area (Å²) in [4.78, 5) is 38.8. The summed E-state index contributed by atoms with van der Waals surface area (Å²) in [6.07, 6.45) is 1.46. The molecule has 3 aromatic carbocycles. The molecular weight excluding hydrogens is 564 g/mol. The van der Waals surface area contributed by atoms with Crippen LogP contribution in [0.15, 0.2) is 99.9 Å². The number of benzene rings is 3. The van der Waals surface area contributed by atoms with Crippen LogP contribution in [0.1, 0.15) is 5.69 Å². The van der Waals surface area contributed by atoms with E-state index in [1.807, 2.05) is 0 Å². The summed E-state index contributed by atoms with van der Waals surface area (Å²) < 4.78 is 34.4. The number of ether oxygens (including phenoxy) is 1. The lowest BCUT2D eigenvalue weighted by Gasteiger charge is -2.14. The number of rotatable bonds is 9. The van der Waals surface area contributed by atoms with Gasteiger partial charge in [-0.2, -0.15) is 0 Å². The number of aryl methyl sites for hydroxylation is 1. The molecular formula is C28H24N6O5S2. The Balaban J connectivity index is 1.31. The number of methoxy groups -OCH3 is 1. The molecule has 0 saturated heterocycles. The standard InChI is InChI=1S/C28H24N6O5S2/c1-18-15-16-29-27(30-18)33-41(37,38)22-13-7-19(8-14-22)31-25(35)17-40-28-32-24-6-4-3-5-23(24)26(36)34(28)20-9-11-21(39-2)12-10-20/h3-16H,17H2,1-2H3,(H,31,35)(H,29,30,33). The highest BCUT2D eigenvalue weighted by Gasteiger charge is 2.17. The number of carbonyl (C=O) groups excluding carboxylic acids is 1. The number of sulfonamides is 1. The second kappa shape index (κ2) is 11.8. The maximum atomic E-state index is 13.4. The summed E-state index contributed by atoms with van der Waals surface area (Å²) in [5, 5.41) is 3.54. The molecule has 0 unspecified atom stereocenters. The van der Waals surface area contributed by atoms with Crippen molar-refractivity contribution >= 4 is 50.2 Å². The molecule has 13 heteroatoms. The van der Waals surface area contributed by atoms with E-state index in [1.54, 1.807) is 68.6 Å². The highest BCUT2D eigenvalue weighted by atomic mass is 32.2. The van der Waals surface area contributed by atoms with Gasteiger partial charge >= 0.3 is 0 Å². The average molecular weight is 589 g/mol. The molecule has 5 aromatic rings. The molecule has 0 aliphatic rings. The van der Waals surface area contributed by atoms with Crippen LogP contribution in [0.5, 0.6) is 5.75 Å². The van der Waals surface area contributed by atoms with E-state index in [2.05, 4.69) is 25.0 Å². The van der Waals surface area contributed by atoms with Crippen molar-refractivity contribution in [2.45, 2.75) is 17.0 Å². The number of para-hydroxylation sites is 1. The molecule has 0 aliphatic heterocycles. The minimum absolute atomic E-state index is 0.0150. The van der Waals surface area contributed by atoms with Crippen LogP contribution < -0.4 is 20.3 Å². The summed E-state index contributed by atoms with van der Waals surface area (Å²) in [5.74, 6) is 0.199. The molecule has 1 amide bonds. The van der Waals surface area contributed by atoms with Crippen LogP contribution in [0.2, 0.25) is 0 Å². The number of carbonyl (C=O) groups is 1. The first kappa shape index (κ1) is 27.8. The molecule has 5 rings (SSSR count). The number of hydrogen-bond acceptors (Lipinski definition) is 9. The van der Waals surface area contributed by atoms with E-state index in [4.69, 9.17) is 4.74 Å². The summed E-state index contributed by atoms with van der Waals surface area (Å²) in [7, 11) is -2.36. The number of nitrogens with zero attached hydrogens (tertiary/aromatic N) is 4. The molecule has 2 N–H and O–H groups in total. The Morgan fingerprint density at radius 2 is 1.71 bits per heavy atom. The normalized spacial score (nSPS) is 11.3. The van der Waals surface area contributed by atoms with E-state index < -0.39 is 10.0 Å². The van der Waals surface area contributed by atoms with Gasteiger partial charge in [0.25, 0.3) is 15.6 Å². The topological polar surface area (TPSA) is 145 Å². The zero-order valence-electron chi connectivity index (χ0n) is 21.9. The van der Waals surface area contributed by atoms with Gasteiger partial charge in [0.2, 0.25) is 11.9 Å². The molecule has 41 heavy (non-hydrogen) atoms. The molecule has 0 saturated carbocycles. The number of nitrogens with one attached hydrogen (secondary N) is 2. The van der Waals surface area contributed by atoms with E-state index in [-0.39, 0.29) is 28.1 Å². The lowest BCUT2D eigenvalue weighted by Crippen LogP contribution is -2.23. The highest BCUT2D eigenvalue weighted by Crippen LogP contribution is 2.23. The van der Waals surface area contributed by atoms with Gasteiger partial charge in [-0.1, -0.05) is 23.9 Å². The molecule has 0 fully saturated rings. The van der Waals surface area contributed by atoms with Crippen LogP contribution in [0.25, 0.3) is 16.6 Å². The zero-order chi connectivity index (χ0) is 29.0. The summed E-state index contributed by atoms with van der Waals surface area (Å²) in [6, 6.07) is 21.3. The summed E-state index contributed by atoms with van der Waals surface area (Å²) >= 11 is 1.11. The van der Waals surface area contributed by atoms with Crippen LogP contribution >= 0.6 is 11.8 Å². The zero-order valence-corrected chi connectivity index (χ0v) is 23.6. The van der Waals surface area contributed by atoms with Gasteiger partial charge in [0.15, 0.2) is 5.16 Å². The highest BCUT2D eigenvalue weighted by molar-refractivity contribution is 7.99. The van der Waals surface area contributed by atoms with Crippen molar-refractivity contribution in [3.05, 3.63) is 101 Å². The first-order valence-corrected chi connectivity index (χ1v) is 14.7. The summed E-state index contributed by atoms with van der Waals surface area (Å²) in [5.41, 5.74) is 1.86. The van der Waals surface area contributed by atoms with E-state index >= 15 is 0 Å². The molecule has 0 bridgehead atoms. The van der Waals surface area contributed by atoms with Crippen molar-refractivity contribution in [2.75, 3.05) is 22.9 Å². The van der Waals surface area contributed by atoms with Gasteiger partial charge in [0.1, 0.15) is 5.75 Å². The minimum Gasteiger partial charge on any atom is -0.497 e. The maximum Gasteiger partial charge on any atom is 0.266 e. The molecule has 0 atom stereocenters. The van der Waals surface area contributed by atoms with Crippen molar-refractivity contribution in [1.29, 1.82) is 0 Å². The van der Waals surface area contributed by atoms with Crippen LogP contribution in [-0.2, 0) is 14.8 Å².